The summed E-state index contributed by atoms with van der Waals surface area (Å²) >= 11 is 0. The van der Waals surface area contributed by atoms with Crippen molar-refractivity contribution >= 4 is 11.5 Å². The first kappa shape index (κ1) is 15.0. The number of aromatic nitrogens is 4. The van der Waals surface area contributed by atoms with Gasteiger partial charge in [-0.2, -0.15) is 4.98 Å². The van der Waals surface area contributed by atoms with Crippen molar-refractivity contribution in [2.24, 2.45) is 5.92 Å². The molecule has 0 aromatic carbocycles. The fraction of sp³-hybridized carbons (Fsp3) is 0.667. The van der Waals surface area contributed by atoms with Crippen LogP contribution >= 0.6 is 0 Å². The molecule has 0 atom stereocenters. The summed E-state index contributed by atoms with van der Waals surface area (Å²) in [6.45, 7) is 4.91. The second-order valence-electron chi connectivity index (χ2n) is 5.86. The highest BCUT2D eigenvalue weighted by atomic mass is 16.5. The molecular formula is C15H24N6O. The summed E-state index contributed by atoms with van der Waals surface area (Å²) in [7, 11) is 0. The predicted octanol–water partition coefficient (Wildman–Crippen LogP) is 1.43. The molecule has 0 unspecified atom stereocenters. The average Bonchev–Trinajstić information content (AvgIpc) is 2.92. The summed E-state index contributed by atoms with van der Waals surface area (Å²) in [4.78, 5) is 8.55. The normalized spacial score (nSPS) is 16.2. The number of unbranched alkanes of at least 4 members (excludes halogenated alkanes) is 1. The molecule has 1 aliphatic heterocycles. The van der Waals surface area contributed by atoms with Crippen LogP contribution in [0.3, 0.4) is 0 Å². The maximum Gasteiger partial charge on any atom is 0.336 e. The first-order valence-electron chi connectivity index (χ1n) is 8.11. The second-order valence-corrected chi connectivity index (χ2v) is 5.86. The van der Waals surface area contributed by atoms with Gasteiger partial charge in [-0.15, -0.1) is 5.10 Å². The fourth-order valence-corrected chi connectivity index (χ4v) is 2.82. The SMILES string of the molecule is CCCCOc1nc(N)c2ncc(CC3CCNCC3)n2n1. The fourth-order valence-electron chi connectivity index (χ4n) is 2.82. The van der Waals surface area contributed by atoms with Gasteiger partial charge < -0.3 is 15.8 Å². The van der Waals surface area contributed by atoms with Gasteiger partial charge in [0.25, 0.3) is 0 Å². The van der Waals surface area contributed by atoms with Gasteiger partial charge in [0.05, 0.1) is 18.5 Å². The lowest BCUT2D eigenvalue weighted by Gasteiger charge is -2.21. The summed E-state index contributed by atoms with van der Waals surface area (Å²) in [5, 5.41) is 7.85. The summed E-state index contributed by atoms with van der Waals surface area (Å²) in [6.07, 6.45) is 7.25. The molecule has 2 aromatic heterocycles. The van der Waals surface area contributed by atoms with Gasteiger partial charge >= 0.3 is 6.01 Å². The molecule has 1 fully saturated rings. The number of anilines is 1. The Hall–Kier alpha value is -1.89. The number of hydrogen-bond donors (Lipinski definition) is 2. The molecule has 0 bridgehead atoms. The van der Waals surface area contributed by atoms with Crippen LogP contribution in [-0.4, -0.2) is 39.3 Å². The lowest BCUT2D eigenvalue weighted by Crippen LogP contribution is -2.29. The Bertz CT molecular complexity index is 620. The van der Waals surface area contributed by atoms with E-state index in [9.17, 15) is 0 Å². The number of ether oxygens (including phenoxy) is 1. The quantitative estimate of drug-likeness (QED) is 0.785. The highest BCUT2D eigenvalue weighted by molar-refractivity contribution is 5.59. The molecule has 7 heteroatoms. The number of nitrogens with two attached hydrogens (primary N) is 1. The summed E-state index contributed by atoms with van der Waals surface area (Å²) in [6, 6.07) is 0.336. The highest BCUT2D eigenvalue weighted by Gasteiger charge is 2.18. The summed E-state index contributed by atoms with van der Waals surface area (Å²) in [5.74, 6) is 1.04. The molecule has 0 spiro atoms. The molecule has 120 valence electrons. The molecule has 2 aromatic rings. The van der Waals surface area contributed by atoms with Gasteiger partial charge in [-0.3, -0.25) is 0 Å². The Morgan fingerprint density at radius 2 is 2.23 bits per heavy atom. The van der Waals surface area contributed by atoms with E-state index in [1.807, 2.05) is 6.20 Å². The van der Waals surface area contributed by atoms with E-state index in [0.29, 0.717) is 30.0 Å². The molecule has 7 nitrogen and oxygen atoms in total. The third-order valence-corrected chi connectivity index (χ3v) is 4.12. The monoisotopic (exact) mass is 304 g/mol. The number of rotatable bonds is 6. The number of fused-ring (bicyclic) bond motifs is 1. The van der Waals surface area contributed by atoms with E-state index in [-0.39, 0.29) is 0 Å². The Morgan fingerprint density at radius 3 is 3.00 bits per heavy atom. The van der Waals surface area contributed by atoms with E-state index in [0.717, 1.165) is 38.0 Å². The molecule has 0 amide bonds. The van der Waals surface area contributed by atoms with Gasteiger partial charge in [0.2, 0.25) is 0 Å². The lowest BCUT2D eigenvalue weighted by atomic mass is 9.93. The van der Waals surface area contributed by atoms with Crippen molar-refractivity contribution in [2.45, 2.75) is 39.0 Å². The molecule has 22 heavy (non-hydrogen) atoms. The van der Waals surface area contributed by atoms with Gasteiger partial charge in [-0.1, -0.05) is 13.3 Å². The zero-order valence-corrected chi connectivity index (χ0v) is 13.1. The molecule has 3 N–H and O–H groups in total. The smallest absolute Gasteiger partial charge is 0.336 e. The number of hydrogen-bond acceptors (Lipinski definition) is 6. The third kappa shape index (κ3) is 3.30. The summed E-state index contributed by atoms with van der Waals surface area (Å²) < 4.78 is 7.39. The highest BCUT2D eigenvalue weighted by Crippen LogP contribution is 2.20. The third-order valence-electron chi connectivity index (χ3n) is 4.12. The predicted molar refractivity (Wildman–Crippen MR) is 84.9 cm³/mol. The molecule has 0 saturated carbocycles. The van der Waals surface area contributed by atoms with Crippen LogP contribution in [0.2, 0.25) is 0 Å². The maximum atomic E-state index is 5.98. The van der Waals surface area contributed by atoms with E-state index in [1.165, 1.54) is 12.8 Å². The van der Waals surface area contributed by atoms with Crippen LogP contribution in [0.5, 0.6) is 6.01 Å². The second kappa shape index (κ2) is 6.91. The van der Waals surface area contributed by atoms with Crippen LogP contribution in [-0.2, 0) is 6.42 Å². The van der Waals surface area contributed by atoms with Crippen molar-refractivity contribution in [3.05, 3.63) is 11.9 Å². The Morgan fingerprint density at radius 1 is 1.41 bits per heavy atom. The van der Waals surface area contributed by atoms with Crippen molar-refractivity contribution in [3.8, 4) is 6.01 Å². The van der Waals surface area contributed by atoms with E-state index in [2.05, 4.69) is 27.3 Å². The minimum absolute atomic E-state index is 0.336. The Balaban J connectivity index is 1.80. The number of imidazole rings is 1. The molecule has 3 heterocycles. The van der Waals surface area contributed by atoms with Crippen LogP contribution in [0.4, 0.5) is 5.82 Å². The van der Waals surface area contributed by atoms with E-state index in [4.69, 9.17) is 10.5 Å². The minimum Gasteiger partial charge on any atom is -0.462 e. The average molecular weight is 304 g/mol. The lowest BCUT2D eigenvalue weighted by molar-refractivity contribution is 0.280. The van der Waals surface area contributed by atoms with Gasteiger partial charge in [0.15, 0.2) is 11.5 Å². The number of nitrogens with zero attached hydrogens (tertiary/aromatic N) is 4. The zero-order valence-electron chi connectivity index (χ0n) is 13.1. The molecule has 3 rings (SSSR count). The first-order valence-corrected chi connectivity index (χ1v) is 8.11. The standard InChI is InChI=1S/C15H24N6O/c1-2-3-8-22-15-19-13(16)14-18-10-12(21(14)20-15)9-11-4-6-17-7-5-11/h10-11,17H,2-9H2,1H3,(H2,16,19,20). The van der Waals surface area contributed by atoms with E-state index >= 15 is 0 Å². The van der Waals surface area contributed by atoms with Crippen molar-refractivity contribution in [2.75, 3.05) is 25.4 Å². The molecular weight excluding hydrogens is 280 g/mol. The molecule has 1 aliphatic rings. The minimum atomic E-state index is 0.336. The Labute approximate surface area is 130 Å². The molecule has 1 saturated heterocycles. The molecule has 0 radical (unpaired) electrons. The van der Waals surface area contributed by atoms with Gasteiger partial charge in [0.1, 0.15) is 0 Å². The van der Waals surface area contributed by atoms with Crippen LogP contribution < -0.4 is 15.8 Å². The van der Waals surface area contributed by atoms with Crippen molar-refractivity contribution in [1.82, 2.24) is 24.9 Å². The summed E-state index contributed by atoms with van der Waals surface area (Å²) in [5.41, 5.74) is 7.68. The largest absolute Gasteiger partial charge is 0.462 e. The Kier molecular flexibility index (Phi) is 4.72. The van der Waals surface area contributed by atoms with E-state index in [1.54, 1.807) is 4.52 Å². The van der Waals surface area contributed by atoms with Gasteiger partial charge in [-0.25, -0.2) is 9.50 Å². The van der Waals surface area contributed by atoms with Gasteiger partial charge in [0, 0.05) is 0 Å². The number of nitrogens with one attached hydrogen (secondary N) is 1. The number of nitrogen functional groups attached to an aromatic ring is 1. The number of piperidine rings is 1. The molecule has 0 aliphatic carbocycles. The van der Waals surface area contributed by atoms with Crippen LogP contribution in [0.1, 0.15) is 38.3 Å². The van der Waals surface area contributed by atoms with Gasteiger partial charge in [-0.05, 0) is 44.7 Å². The van der Waals surface area contributed by atoms with Crippen LogP contribution in [0, 0.1) is 5.92 Å². The van der Waals surface area contributed by atoms with Crippen LogP contribution in [0.25, 0.3) is 5.65 Å². The zero-order chi connectivity index (χ0) is 15.4. The van der Waals surface area contributed by atoms with Crippen LogP contribution in [0.15, 0.2) is 6.20 Å². The van der Waals surface area contributed by atoms with Crippen molar-refractivity contribution in [1.29, 1.82) is 0 Å². The maximum absolute atomic E-state index is 5.98. The van der Waals surface area contributed by atoms with E-state index < -0.39 is 0 Å². The van der Waals surface area contributed by atoms with Crippen molar-refractivity contribution < 1.29 is 4.74 Å². The first-order chi connectivity index (χ1) is 10.8. The topological polar surface area (TPSA) is 90.4 Å². The van der Waals surface area contributed by atoms with Crippen molar-refractivity contribution in [3.63, 3.8) is 0 Å².